The number of hydrogen-bond acceptors (Lipinski definition) is 5. The molecule has 0 saturated carbocycles. The number of thiazole rings is 1. The van der Waals surface area contributed by atoms with Gasteiger partial charge >= 0.3 is 0 Å². The number of ether oxygens (including phenoxy) is 2. The van der Waals surface area contributed by atoms with Crippen LogP contribution in [0.5, 0.6) is 11.5 Å². The second-order valence-electron chi connectivity index (χ2n) is 5.38. The number of aromatic nitrogens is 1. The van der Waals surface area contributed by atoms with Gasteiger partial charge in [0.25, 0.3) is 0 Å². The third-order valence-corrected chi connectivity index (χ3v) is 4.75. The average molecular weight is 346 g/mol. The van der Waals surface area contributed by atoms with Crippen LogP contribution in [0.2, 0.25) is 0 Å². The Balaban J connectivity index is 1.44. The van der Waals surface area contributed by atoms with E-state index in [4.69, 9.17) is 9.47 Å². The zero-order chi connectivity index (χ0) is 16.8. The highest BCUT2D eigenvalue weighted by Crippen LogP contribution is 2.32. The van der Waals surface area contributed by atoms with Gasteiger partial charge in [-0.2, -0.15) is 0 Å². The van der Waals surface area contributed by atoms with E-state index in [0.717, 1.165) is 47.5 Å². The summed E-state index contributed by atoms with van der Waals surface area (Å²) < 4.78 is 10.7. The highest BCUT2D eigenvalue weighted by molar-refractivity contribution is 7.09. The van der Waals surface area contributed by atoms with Crippen LogP contribution in [0, 0.1) is 0 Å². The highest BCUT2D eigenvalue weighted by Gasteiger charge is 2.12. The van der Waals surface area contributed by atoms with Crippen LogP contribution in [0.15, 0.2) is 28.6 Å². The molecule has 0 spiro atoms. The maximum atomic E-state index is 5.40. The van der Waals surface area contributed by atoms with Gasteiger partial charge in [-0.1, -0.05) is 13.0 Å². The number of aliphatic imine (C=N–C) groups is 1. The Hall–Kier alpha value is -2.28. The van der Waals surface area contributed by atoms with Crippen molar-refractivity contribution in [2.24, 2.45) is 4.99 Å². The second kappa shape index (κ2) is 8.01. The van der Waals surface area contributed by atoms with E-state index in [2.05, 4.69) is 39.0 Å². The minimum Gasteiger partial charge on any atom is -0.454 e. The van der Waals surface area contributed by atoms with Crippen LogP contribution in [-0.2, 0) is 19.4 Å². The van der Waals surface area contributed by atoms with Crippen LogP contribution in [0.25, 0.3) is 0 Å². The summed E-state index contributed by atoms with van der Waals surface area (Å²) in [5.74, 6) is 2.42. The first kappa shape index (κ1) is 16.6. The lowest BCUT2D eigenvalue weighted by Gasteiger charge is -2.11. The summed E-state index contributed by atoms with van der Waals surface area (Å²) in [6, 6.07) is 6.05. The molecule has 0 unspecified atom stereocenters. The van der Waals surface area contributed by atoms with Crippen LogP contribution < -0.4 is 20.1 Å². The summed E-state index contributed by atoms with van der Waals surface area (Å²) in [6.45, 7) is 3.90. The third-order valence-electron chi connectivity index (χ3n) is 3.71. The fraction of sp³-hybridized carbons (Fsp3) is 0.412. The Bertz CT molecular complexity index is 714. The molecule has 6 nitrogen and oxygen atoms in total. The lowest BCUT2D eigenvalue weighted by Crippen LogP contribution is -2.37. The van der Waals surface area contributed by atoms with E-state index in [-0.39, 0.29) is 0 Å². The molecule has 0 bridgehead atoms. The number of fused-ring (bicyclic) bond motifs is 1. The van der Waals surface area contributed by atoms with E-state index in [1.165, 1.54) is 5.56 Å². The van der Waals surface area contributed by atoms with Crippen LogP contribution in [0.4, 0.5) is 0 Å². The van der Waals surface area contributed by atoms with Crippen molar-refractivity contribution in [3.63, 3.8) is 0 Å². The maximum Gasteiger partial charge on any atom is 0.231 e. The van der Waals surface area contributed by atoms with Gasteiger partial charge in [0, 0.05) is 19.0 Å². The van der Waals surface area contributed by atoms with Gasteiger partial charge in [-0.3, -0.25) is 4.99 Å². The Morgan fingerprint density at radius 1 is 1.29 bits per heavy atom. The van der Waals surface area contributed by atoms with Crippen LogP contribution in [0.1, 0.15) is 23.2 Å². The van der Waals surface area contributed by atoms with Gasteiger partial charge in [0.1, 0.15) is 0 Å². The number of rotatable bonds is 6. The van der Waals surface area contributed by atoms with E-state index < -0.39 is 0 Å². The molecule has 7 heteroatoms. The van der Waals surface area contributed by atoms with Gasteiger partial charge in [-0.25, -0.2) is 4.98 Å². The van der Waals surface area contributed by atoms with Gasteiger partial charge in [0.2, 0.25) is 6.79 Å². The number of benzene rings is 1. The third kappa shape index (κ3) is 4.17. The first-order valence-electron chi connectivity index (χ1n) is 8.05. The molecule has 2 N–H and O–H groups in total. The Morgan fingerprint density at radius 2 is 2.17 bits per heavy atom. The summed E-state index contributed by atoms with van der Waals surface area (Å²) >= 11 is 1.70. The van der Waals surface area contributed by atoms with Crippen LogP contribution >= 0.6 is 11.3 Å². The topological polar surface area (TPSA) is 67.8 Å². The molecule has 1 aromatic carbocycles. The molecule has 2 aromatic rings. The number of hydrogen-bond donors (Lipinski definition) is 2. The molecule has 0 fully saturated rings. The van der Waals surface area contributed by atoms with Gasteiger partial charge in [0.05, 0.1) is 17.2 Å². The summed E-state index contributed by atoms with van der Waals surface area (Å²) in [6.07, 6.45) is 1.86. The second-order valence-corrected chi connectivity index (χ2v) is 6.32. The normalized spacial score (nSPS) is 13.2. The predicted octanol–water partition coefficient (Wildman–Crippen LogP) is 2.34. The standard InChI is InChI=1S/C17H22N4O2S/c1-3-16-21-13(10-24-16)9-20-17(18-2)19-7-6-12-4-5-14-15(8-12)23-11-22-14/h4-5,8,10H,3,6-7,9,11H2,1-2H3,(H2,18,19,20). The molecule has 1 aliphatic heterocycles. The van der Waals surface area contributed by atoms with Gasteiger partial charge in [-0.15, -0.1) is 11.3 Å². The van der Waals surface area contributed by atoms with E-state index in [1.54, 1.807) is 18.4 Å². The molecule has 3 rings (SSSR count). The van der Waals surface area contributed by atoms with Crippen LogP contribution in [0.3, 0.4) is 0 Å². The SMILES string of the molecule is CCc1nc(CNC(=NC)NCCc2ccc3c(c2)OCO3)cs1. The molecule has 1 aliphatic rings. The molecule has 0 atom stereocenters. The molecular weight excluding hydrogens is 324 g/mol. The molecule has 2 heterocycles. The summed E-state index contributed by atoms with van der Waals surface area (Å²) in [7, 11) is 1.77. The van der Waals surface area contributed by atoms with Crippen molar-refractivity contribution < 1.29 is 9.47 Å². The monoisotopic (exact) mass is 346 g/mol. The molecular formula is C17H22N4O2S. The lowest BCUT2D eigenvalue weighted by atomic mass is 10.1. The van der Waals surface area contributed by atoms with E-state index in [9.17, 15) is 0 Å². The van der Waals surface area contributed by atoms with Crippen molar-refractivity contribution in [3.8, 4) is 11.5 Å². The zero-order valence-corrected chi connectivity index (χ0v) is 14.8. The van der Waals surface area contributed by atoms with Crippen molar-refractivity contribution >= 4 is 17.3 Å². The quantitative estimate of drug-likeness (QED) is 0.621. The molecule has 1 aromatic heterocycles. The number of nitrogens with one attached hydrogen (secondary N) is 2. The van der Waals surface area contributed by atoms with Crippen molar-refractivity contribution in [3.05, 3.63) is 39.8 Å². The number of nitrogens with zero attached hydrogens (tertiary/aromatic N) is 2. The van der Waals surface area contributed by atoms with Crippen molar-refractivity contribution in [1.82, 2.24) is 15.6 Å². The van der Waals surface area contributed by atoms with Crippen LogP contribution in [-0.4, -0.2) is 31.3 Å². The maximum absolute atomic E-state index is 5.40. The summed E-state index contributed by atoms with van der Waals surface area (Å²) in [5, 5.41) is 9.86. The molecule has 0 saturated heterocycles. The molecule has 0 aliphatic carbocycles. The van der Waals surface area contributed by atoms with Gasteiger partial charge < -0.3 is 20.1 Å². The van der Waals surface area contributed by atoms with E-state index >= 15 is 0 Å². The first-order valence-corrected chi connectivity index (χ1v) is 8.92. The largest absolute Gasteiger partial charge is 0.454 e. The fourth-order valence-electron chi connectivity index (χ4n) is 2.41. The predicted molar refractivity (Wildman–Crippen MR) is 96.0 cm³/mol. The molecule has 0 radical (unpaired) electrons. The Morgan fingerprint density at radius 3 is 2.96 bits per heavy atom. The summed E-state index contributed by atoms with van der Waals surface area (Å²) in [4.78, 5) is 8.79. The summed E-state index contributed by atoms with van der Waals surface area (Å²) in [5.41, 5.74) is 2.25. The lowest BCUT2D eigenvalue weighted by molar-refractivity contribution is 0.174. The molecule has 0 amide bonds. The van der Waals surface area contributed by atoms with Crippen molar-refractivity contribution in [2.75, 3.05) is 20.4 Å². The van der Waals surface area contributed by atoms with Crippen molar-refractivity contribution in [2.45, 2.75) is 26.3 Å². The van der Waals surface area contributed by atoms with E-state index in [1.807, 2.05) is 12.1 Å². The number of aryl methyl sites for hydroxylation is 1. The van der Waals surface area contributed by atoms with Gasteiger partial charge in [-0.05, 0) is 30.5 Å². The minimum absolute atomic E-state index is 0.309. The first-order chi connectivity index (χ1) is 11.8. The highest BCUT2D eigenvalue weighted by atomic mass is 32.1. The average Bonchev–Trinajstić information content (AvgIpc) is 3.26. The number of guanidine groups is 1. The Kier molecular flexibility index (Phi) is 5.53. The molecule has 24 heavy (non-hydrogen) atoms. The Labute approximate surface area is 145 Å². The van der Waals surface area contributed by atoms with Gasteiger partial charge in [0.15, 0.2) is 17.5 Å². The van der Waals surface area contributed by atoms with Crippen molar-refractivity contribution in [1.29, 1.82) is 0 Å². The zero-order valence-electron chi connectivity index (χ0n) is 14.0. The minimum atomic E-state index is 0.309. The van der Waals surface area contributed by atoms with E-state index in [0.29, 0.717) is 13.3 Å². The molecule has 128 valence electrons. The smallest absolute Gasteiger partial charge is 0.231 e. The fourth-order valence-corrected chi connectivity index (χ4v) is 3.15.